The lowest BCUT2D eigenvalue weighted by atomic mass is 9.82. The van der Waals surface area contributed by atoms with Crippen LogP contribution in [-0.4, -0.2) is 62.0 Å². The van der Waals surface area contributed by atoms with Crippen molar-refractivity contribution < 1.29 is 33.1 Å². The van der Waals surface area contributed by atoms with E-state index in [0.29, 0.717) is 41.2 Å². The predicted octanol–water partition coefficient (Wildman–Crippen LogP) is 7.37. The zero-order valence-corrected chi connectivity index (χ0v) is 32.7. The van der Waals surface area contributed by atoms with Crippen LogP contribution >= 0.6 is 15.9 Å². The Morgan fingerprint density at radius 1 is 1.04 bits per heavy atom. The van der Waals surface area contributed by atoms with Crippen molar-refractivity contribution in [3.63, 3.8) is 0 Å². The Kier molecular flexibility index (Phi) is 10.1. The number of nitrogens with one attached hydrogen (secondary N) is 1. The summed E-state index contributed by atoms with van der Waals surface area (Å²) in [6.45, 7) is 5.43. The monoisotopic (exact) mass is 799 g/mol. The van der Waals surface area contributed by atoms with Crippen molar-refractivity contribution in [1.82, 2.24) is 4.90 Å². The van der Waals surface area contributed by atoms with E-state index in [9.17, 15) is 19.5 Å². The number of fused-ring (bicyclic) bond motifs is 3. The number of methoxy groups -OCH3 is 1. The van der Waals surface area contributed by atoms with Crippen LogP contribution in [-0.2, 0) is 39.4 Å². The Morgan fingerprint density at radius 2 is 1.77 bits per heavy atom. The van der Waals surface area contributed by atoms with Gasteiger partial charge in [-0.25, -0.2) is 0 Å². The van der Waals surface area contributed by atoms with Crippen molar-refractivity contribution in [2.24, 2.45) is 5.92 Å². The highest BCUT2D eigenvalue weighted by Gasteiger charge is 2.67. The molecule has 7 rings (SSSR count). The van der Waals surface area contributed by atoms with Gasteiger partial charge < -0.3 is 33.8 Å². The van der Waals surface area contributed by atoms with Gasteiger partial charge in [0.2, 0.25) is 14.3 Å². The topological polar surface area (TPSA) is 108 Å². The molecular formula is C41H43BrFN3O6Si. The van der Waals surface area contributed by atoms with E-state index >= 15 is 4.11 Å². The standard InChI is InChI=1S/C41H43BrFN3O6Si/c1-25-38(53(3,4)43)36(21-37(48)45-23-29-10-6-5-9-28(29)19-32(45)24-47)52-41(25)34-20-30(42)14-17-35(34)46(40(41)50)22-26-8-7-11-31(18-26)44-39(49)27-12-15-33(51-2)16-13-27/h5-18,20,25,32,36,38,47H,19,21-24H2,1-4H3,(H,44,49)/t25-,32-,36+,38-,41+/m0/s1. The molecule has 1 fully saturated rings. The molecule has 0 bridgehead atoms. The van der Waals surface area contributed by atoms with E-state index in [2.05, 4.69) is 21.2 Å². The van der Waals surface area contributed by atoms with Gasteiger partial charge in [-0.3, -0.25) is 14.4 Å². The fourth-order valence-corrected chi connectivity index (χ4v) is 11.4. The quantitative estimate of drug-likeness (QED) is 0.135. The zero-order chi connectivity index (χ0) is 37.7. The minimum absolute atomic E-state index is 0.109. The highest BCUT2D eigenvalue weighted by atomic mass is 79.9. The molecule has 276 valence electrons. The summed E-state index contributed by atoms with van der Waals surface area (Å²) in [6.07, 6.45) is -0.437. The van der Waals surface area contributed by atoms with Crippen LogP contribution in [0.4, 0.5) is 15.5 Å². The molecule has 4 aromatic carbocycles. The van der Waals surface area contributed by atoms with Crippen LogP contribution in [0.2, 0.25) is 18.6 Å². The fourth-order valence-electron chi connectivity index (χ4n) is 8.58. The highest BCUT2D eigenvalue weighted by Crippen LogP contribution is 2.60. The SMILES string of the molecule is COc1ccc(C(=O)Nc2cccc(CN3C(=O)[C@]4(O[C@H](CC(=O)N5Cc6ccccc6C[C@H]5CO)[C@@H]([Si](C)(C)F)[C@@H]4C)c4cc(Br)ccc43)c2)cc1. The summed E-state index contributed by atoms with van der Waals surface area (Å²) in [4.78, 5) is 45.4. The summed E-state index contributed by atoms with van der Waals surface area (Å²) in [5.74, 6) is -0.767. The Hall–Kier alpha value is -4.36. The third kappa shape index (κ3) is 6.82. The van der Waals surface area contributed by atoms with Crippen LogP contribution in [0.3, 0.4) is 0 Å². The van der Waals surface area contributed by atoms with Gasteiger partial charge in [0.05, 0.1) is 44.5 Å². The number of hydrogen-bond donors (Lipinski definition) is 2. The summed E-state index contributed by atoms with van der Waals surface area (Å²) in [6, 6.07) is 27.2. The van der Waals surface area contributed by atoms with Crippen LogP contribution < -0.4 is 15.0 Å². The Balaban J connectivity index is 1.17. The van der Waals surface area contributed by atoms with E-state index in [4.69, 9.17) is 9.47 Å². The van der Waals surface area contributed by atoms with Gasteiger partial charge in [-0.15, -0.1) is 0 Å². The molecule has 3 aliphatic rings. The van der Waals surface area contributed by atoms with Crippen LogP contribution in [0.25, 0.3) is 0 Å². The number of hydrogen-bond acceptors (Lipinski definition) is 6. The fraction of sp³-hybridized carbons (Fsp3) is 0.341. The summed E-state index contributed by atoms with van der Waals surface area (Å²) in [5, 5.41) is 13.2. The molecule has 0 saturated carbocycles. The lowest BCUT2D eigenvalue weighted by Crippen LogP contribution is -2.48. The lowest BCUT2D eigenvalue weighted by Gasteiger charge is -2.37. The largest absolute Gasteiger partial charge is 0.497 e. The van der Waals surface area contributed by atoms with Crippen molar-refractivity contribution in [2.45, 2.75) is 69.2 Å². The number of nitrogens with zero attached hydrogens (tertiary/aromatic N) is 2. The highest BCUT2D eigenvalue weighted by molar-refractivity contribution is 9.10. The smallest absolute Gasteiger partial charge is 0.264 e. The molecule has 0 unspecified atom stereocenters. The first-order chi connectivity index (χ1) is 25.3. The Morgan fingerprint density at radius 3 is 2.47 bits per heavy atom. The predicted molar refractivity (Wildman–Crippen MR) is 207 cm³/mol. The molecular weight excluding hydrogens is 757 g/mol. The summed E-state index contributed by atoms with van der Waals surface area (Å²) >= 11 is 3.59. The van der Waals surface area contributed by atoms with Gasteiger partial charge in [-0.1, -0.05) is 59.3 Å². The minimum atomic E-state index is -3.54. The van der Waals surface area contributed by atoms with Crippen molar-refractivity contribution in [2.75, 3.05) is 23.9 Å². The lowest BCUT2D eigenvalue weighted by molar-refractivity contribution is -0.151. The second-order valence-corrected chi connectivity index (χ2v) is 19.5. The third-order valence-electron chi connectivity index (χ3n) is 11.1. The average Bonchev–Trinajstić information content (AvgIpc) is 3.56. The number of rotatable bonds is 9. The normalized spacial score (nSPS) is 23.6. The van der Waals surface area contributed by atoms with Gasteiger partial charge in [-0.05, 0) is 90.8 Å². The van der Waals surface area contributed by atoms with Crippen LogP contribution in [0.1, 0.15) is 46.0 Å². The number of benzene rings is 4. The van der Waals surface area contributed by atoms with Crippen molar-refractivity contribution in [3.8, 4) is 5.75 Å². The molecule has 3 aliphatic heterocycles. The maximum atomic E-state index is 16.5. The zero-order valence-electron chi connectivity index (χ0n) is 30.1. The van der Waals surface area contributed by atoms with Crippen molar-refractivity contribution in [1.29, 1.82) is 0 Å². The number of aliphatic hydroxyl groups is 1. The van der Waals surface area contributed by atoms with Gasteiger partial charge in [0.1, 0.15) is 5.75 Å². The second kappa shape index (κ2) is 14.5. The minimum Gasteiger partial charge on any atom is -0.497 e. The molecule has 4 aromatic rings. The first-order valence-electron chi connectivity index (χ1n) is 17.8. The van der Waals surface area contributed by atoms with Gasteiger partial charge in [0.15, 0.2) is 5.60 Å². The maximum Gasteiger partial charge on any atom is 0.264 e. The van der Waals surface area contributed by atoms with Crippen LogP contribution in [0.5, 0.6) is 5.75 Å². The van der Waals surface area contributed by atoms with E-state index in [1.54, 1.807) is 60.3 Å². The number of amides is 3. The van der Waals surface area contributed by atoms with Gasteiger partial charge in [0, 0.05) is 39.3 Å². The number of halogens is 2. The number of anilines is 2. The average molecular weight is 801 g/mol. The molecule has 1 saturated heterocycles. The van der Waals surface area contributed by atoms with E-state index in [0.717, 1.165) is 21.2 Å². The molecule has 3 heterocycles. The molecule has 0 aromatic heterocycles. The summed E-state index contributed by atoms with van der Waals surface area (Å²) in [7, 11) is -1.97. The number of carbonyl (C=O) groups excluding carboxylic acids is 3. The molecule has 2 N–H and O–H groups in total. The first kappa shape index (κ1) is 37.0. The number of aliphatic hydroxyl groups excluding tert-OH is 1. The van der Waals surface area contributed by atoms with Gasteiger partial charge >= 0.3 is 0 Å². The van der Waals surface area contributed by atoms with E-state index in [1.165, 1.54) is 0 Å². The number of carbonyl (C=O) groups is 3. The third-order valence-corrected chi connectivity index (χ3v) is 14.0. The molecule has 0 radical (unpaired) electrons. The number of ether oxygens (including phenoxy) is 2. The van der Waals surface area contributed by atoms with Crippen LogP contribution in [0, 0.1) is 5.92 Å². The molecule has 53 heavy (non-hydrogen) atoms. The first-order valence-corrected chi connectivity index (χ1v) is 21.6. The maximum absolute atomic E-state index is 16.5. The molecule has 3 amide bonds. The van der Waals surface area contributed by atoms with Crippen molar-refractivity contribution >= 4 is 53.4 Å². The van der Waals surface area contributed by atoms with E-state index < -0.39 is 37.6 Å². The molecule has 9 nitrogen and oxygen atoms in total. The Labute approximate surface area is 318 Å². The molecule has 0 aliphatic carbocycles. The molecule has 5 atom stereocenters. The van der Waals surface area contributed by atoms with Crippen molar-refractivity contribution in [3.05, 3.63) is 123 Å². The molecule has 1 spiro atoms. The summed E-state index contributed by atoms with van der Waals surface area (Å²) in [5.41, 5.74) is 3.02. The second-order valence-electron chi connectivity index (χ2n) is 14.7. The van der Waals surface area contributed by atoms with E-state index in [-0.39, 0.29) is 37.3 Å². The molecule has 12 heteroatoms. The van der Waals surface area contributed by atoms with Crippen LogP contribution in [0.15, 0.2) is 95.5 Å². The Bertz CT molecular complexity index is 2060. The summed E-state index contributed by atoms with van der Waals surface area (Å²) < 4.78 is 29.3. The van der Waals surface area contributed by atoms with Gasteiger partial charge in [-0.2, -0.15) is 0 Å². The van der Waals surface area contributed by atoms with E-state index in [1.807, 2.05) is 67.6 Å². The van der Waals surface area contributed by atoms with Gasteiger partial charge in [0.25, 0.3) is 11.8 Å².